The molecule has 1 heterocycles. The summed E-state index contributed by atoms with van der Waals surface area (Å²) in [6, 6.07) is 6.98. The molecular weight excluding hydrogens is 260 g/mol. The molecule has 1 amide bonds. The van der Waals surface area contributed by atoms with Crippen LogP contribution in [-0.2, 0) is 9.59 Å². The van der Waals surface area contributed by atoms with Crippen molar-refractivity contribution in [2.24, 2.45) is 11.1 Å². The topological polar surface area (TPSA) is 92.9 Å². The molecule has 1 fully saturated rings. The minimum absolute atomic E-state index is 0.0208. The molecule has 106 valence electrons. The van der Waals surface area contributed by atoms with Crippen LogP contribution in [0.1, 0.15) is 12.8 Å². The number of aliphatic carboxylic acids is 1. The highest BCUT2D eigenvalue weighted by atomic mass is 16.5. The van der Waals surface area contributed by atoms with E-state index in [1.807, 2.05) is 0 Å². The van der Waals surface area contributed by atoms with Gasteiger partial charge in [-0.1, -0.05) is 12.1 Å². The molecule has 1 aromatic carbocycles. The second kappa shape index (κ2) is 4.49. The Kier molecular flexibility index (Phi) is 2.90. The lowest BCUT2D eigenvalue weighted by atomic mass is 10.0. The van der Waals surface area contributed by atoms with Crippen LogP contribution in [0, 0.1) is 5.41 Å². The third kappa shape index (κ3) is 1.92. The summed E-state index contributed by atoms with van der Waals surface area (Å²) in [6.07, 6.45) is 0.488. The van der Waals surface area contributed by atoms with Crippen LogP contribution in [0.25, 0.3) is 0 Å². The molecule has 0 radical (unpaired) electrons. The molecule has 1 atom stereocenters. The number of carbonyl (C=O) groups excluding carboxylic acids is 1. The predicted molar refractivity (Wildman–Crippen MR) is 71.6 cm³/mol. The van der Waals surface area contributed by atoms with Gasteiger partial charge >= 0.3 is 5.97 Å². The summed E-state index contributed by atoms with van der Waals surface area (Å²) in [5.41, 5.74) is 5.81. The van der Waals surface area contributed by atoms with Gasteiger partial charge in [-0.15, -0.1) is 0 Å². The van der Waals surface area contributed by atoms with Gasteiger partial charge in [-0.05, 0) is 25.0 Å². The molecule has 6 nitrogen and oxygen atoms in total. The first-order chi connectivity index (χ1) is 9.57. The fourth-order valence-electron chi connectivity index (χ4n) is 2.50. The SMILES string of the molecule is NCC1(C(=O)N2CC(C(=O)O)Oc3ccccc32)CC1. The number of carboxylic acids is 1. The van der Waals surface area contributed by atoms with Gasteiger partial charge in [0.1, 0.15) is 5.75 Å². The van der Waals surface area contributed by atoms with Crippen molar-refractivity contribution in [1.82, 2.24) is 0 Å². The summed E-state index contributed by atoms with van der Waals surface area (Å²) >= 11 is 0. The highest BCUT2D eigenvalue weighted by Crippen LogP contribution is 2.48. The lowest BCUT2D eigenvalue weighted by Gasteiger charge is -2.35. The lowest BCUT2D eigenvalue weighted by Crippen LogP contribution is -2.50. The number of fused-ring (bicyclic) bond motifs is 1. The molecule has 20 heavy (non-hydrogen) atoms. The number of carbonyl (C=O) groups is 2. The van der Waals surface area contributed by atoms with E-state index in [4.69, 9.17) is 15.6 Å². The highest BCUT2D eigenvalue weighted by Gasteiger charge is 2.52. The standard InChI is InChI=1S/C14H16N2O4/c15-8-14(5-6-14)13(19)16-7-11(12(17)18)20-10-4-2-1-3-9(10)16/h1-4,11H,5-8,15H2,(H,17,18). The molecule has 0 spiro atoms. The molecule has 1 aliphatic carbocycles. The molecule has 2 aliphatic rings. The van der Waals surface area contributed by atoms with Gasteiger partial charge in [-0.3, -0.25) is 4.79 Å². The number of hydrogen-bond donors (Lipinski definition) is 2. The van der Waals surface area contributed by atoms with Crippen molar-refractivity contribution in [1.29, 1.82) is 0 Å². The molecule has 0 saturated heterocycles. The van der Waals surface area contributed by atoms with Crippen LogP contribution in [0.5, 0.6) is 5.75 Å². The molecule has 1 aromatic rings. The quantitative estimate of drug-likeness (QED) is 0.843. The average molecular weight is 276 g/mol. The van der Waals surface area contributed by atoms with Crippen LogP contribution in [0.2, 0.25) is 0 Å². The van der Waals surface area contributed by atoms with E-state index < -0.39 is 17.5 Å². The zero-order chi connectivity index (χ0) is 14.3. The third-order valence-electron chi connectivity index (χ3n) is 3.99. The van der Waals surface area contributed by atoms with Crippen LogP contribution in [-0.4, -0.2) is 36.2 Å². The van der Waals surface area contributed by atoms with Crippen LogP contribution in [0.4, 0.5) is 5.69 Å². The highest BCUT2D eigenvalue weighted by molar-refractivity contribution is 6.01. The minimum atomic E-state index is -1.07. The number of hydrogen-bond acceptors (Lipinski definition) is 4. The van der Waals surface area contributed by atoms with Gasteiger partial charge in [0.2, 0.25) is 12.0 Å². The van der Waals surface area contributed by atoms with Gasteiger partial charge in [-0.25, -0.2) is 4.79 Å². The first-order valence-electron chi connectivity index (χ1n) is 6.58. The lowest BCUT2D eigenvalue weighted by molar-refractivity contribution is -0.145. The molecule has 0 bridgehead atoms. The van der Waals surface area contributed by atoms with Crippen LogP contribution in [0.3, 0.4) is 0 Å². The van der Waals surface area contributed by atoms with E-state index in [1.54, 1.807) is 24.3 Å². The Morgan fingerprint density at radius 3 is 2.70 bits per heavy atom. The van der Waals surface area contributed by atoms with Crippen molar-refractivity contribution in [3.8, 4) is 5.75 Å². The van der Waals surface area contributed by atoms with Gasteiger partial charge in [-0.2, -0.15) is 0 Å². The maximum atomic E-state index is 12.6. The number of para-hydroxylation sites is 2. The minimum Gasteiger partial charge on any atom is -0.478 e. The number of nitrogens with two attached hydrogens (primary N) is 1. The molecule has 3 N–H and O–H groups in total. The summed E-state index contributed by atoms with van der Waals surface area (Å²) in [5.74, 6) is -0.746. The van der Waals surface area contributed by atoms with Crippen LogP contribution >= 0.6 is 0 Å². The first-order valence-corrected chi connectivity index (χ1v) is 6.58. The average Bonchev–Trinajstić information content (AvgIpc) is 3.26. The number of ether oxygens (including phenoxy) is 1. The predicted octanol–water partition coefficient (Wildman–Crippen LogP) is 0.604. The Morgan fingerprint density at radius 2 is 2.10 bits per heavy atom. The maximum Gasteiger partial charge on any atom is 0.346 e. The van der Waals surface area contributed by atoms with Crippen molar-refractivity contribution in [3.05, 3.63) is 24.3 Å². The van der Waals surface area contributed by atoms with E-state index in [1.165, 1.54) is 4.90 Å². The van der Waals surface area contributed by atoms with Crippen molar-refractivity contribution in [2.75, 3.05) is 18.0 Å². The molecule has 0 aromatic heterocycles. The van der Waals surface area contributed by atoms with Gasteiger partial charge in [0.05, 0.1) is 17.6 Å². The van der Waals surface area contributed by atoms with Crippen molar-refractivity contribution >= 4 is 17.6 Å². The van der Waals surface area contributed by atoms with Gasteiger partial charge in [0.15, 0.2) is 0 Å². The summed E-state index contributed by atoms with van der Waals surface area (Å²) in [6.45, 7) is 0.316. The third-order valence-corrected chi connectivity index (χ3v) is 3.99. The Labute approximate surface area is 116 Å². The van der Waals surface area contributed by atoms with Gasteiger partial charge < -0.3 is 20.5 Å². The first kappa shape index (κ1) is 12.9. The smallest absolute Gasteiger partial charge is 0.346 e. The van der Waals surface area contributed by atoms with Crippen LogP contribution in [0.15, 0.2) is 24.3 Å². The van der Waals surface area contributed by atoms with E-state index in [0.29, 0.717) is 18.0 Å². The zero-order valence-electron chi connectivity index (χ0n) is 10.9. The van der Waals surface area contributed by atoms with Gasteiger partial charge in [0, 0.05) is 6.54 Å². The second-order valence-corrected chi connectivity index (χ2v) is 5.31. The fraction of sp³-hybridized carbons (Fsp3) is 0.429. The number of benzene rings is 1. The number of anilines is 1. The molecule has 1 aliphatic heterocycles. The number of rotatable bonds is 3. The number of nitrogens with zero attached hydrogens (tertiary/aromatic N) is 1. The van der Waals surface area contributed by atoms with E-state index in [-0.39, 0.29) is 12.5 Å². The Balaban J connectivity index is 1.97. The zero-order valence-corrected chi connectivity index (χ0v) is 10.9. The maximum absolute atomic E-state index is 12.6. The van der Waals surface area contributed by atoms with Crippen LogP contribution < -0.4 is 15.4 Å². The molecule has 6 heteroatoms. The van der Waals surface area contributed by atoms with E-state index >= 15 is 0 Å². The van der Waals surface area contributed by atoms with Crippen molar-refractivity contribution in [2.45, 2.75) is 18.9 Å². The normalized spacial score (nSPS) is 22.6. The number of carboxylic acid groups (broad SMARTS) is 1. The monoisotopic (exact) mass is 276 g/mol. The molecule has 1 unspecified atom stereocenters. The van der Waals surface area contributed by atoms with E-state index in [9.17, 15) is 9.59 Å². The molecule has 1 saturated carbocycles. The van der Waals surface area contributed by atoms with Gasteiger partial charge in [0.25, 0.3) is 0 Å². The Morgan fingerprint density at radius 1 is 1.40 bits per heavy atom. The summed E-state index contributed by atoms with van der Waals surface area (Å²) in [4.78, 5) is 25.3. The van der Waals surface area contributed by atoms with E-state index in [0.717, 1.165) is 12.8 Å². The fourth-order valence-corrected chi connectivity index (χ4v) is 2.50. The van der Waals surface area contributed by atoms with Crippen molar-refractivity contribution < 1.29 is 19.4 Å². The van der Waals surface area contributed by atoms with Crippen molar-refractivity contribution in [3.63, 3.8) is 0 Å². The Hall–Kier alpha value is -2.08. The molecular formula is C14H16N2O4. The summed E-state index contributed by atoms with van der Waals surface area (Å²) < 4.78 is 5.42. The second-order valence-electron chi connectivity index (χ2n) is 5.31. The Bertz CT molecular complexity index is 568. The van der Waals surface area contributed by atoms with E-state index in [2.05, 4.69) is 0 Å². The number of amides is 1. The summed E-state index contributed by atoms with van der Waals surface area (Å²) in [7, 11) is 0. The summed E-state index contributed by atoms with van der Waals surface area (Å²) in [5, 5.41) is 9.15. The largest absolute Gasteiger partial charge is 0.478 e. The molecule has 3 rings (SSSR count).